The second-order valence-electron chi connectivity index (χ2n) is 5.63. The molecule has 134 valence electrons. The summed E-state index contributed by atoms with van der Waals surface area (Å²) in [6.07, 6.45) is 2.07. The lowest BCUT2D eigenvalue weighted by molar-refractivity contribution is 0.0935. The van der Waals surface area contributed by atoms with Gasteiger partial charge < -0.3 is 16.0 Å². The number of hydrogen-bond acceptors (Lipinski definition) is 4. The summed E-state index contributed by atoms with van der Waals surface area (Å²) >= 11 is 1.26. The van der Waals surface area contributed by atoms with Crippen LogP contribution in [0, 0.1) is 0 Å². The summed E-state index contributed by atoms with van der Waals surface area (Å²) in [4.78, 5) is 24.8. The van der Waals surface area contributed by atoms with E-state index in [-0.39, 0.29) is 30.4 Å². The predicted octanol–water partition coefficient (Wildman–Crippen LogP) is 3.30. The Morgan fingerprint density at radius 3 is 2.60 bits per heavy atom. The monoisotopic (exact) mass is 380 g/mol. The van der Waals surface area contributed by atoms with E-state index in [2.05, 4.69) is 21.3 Å². The van der Waals surface area contributed by atoms with Gasteiger partial charge in [-0.05, 0) is 43.7 Å². The van der Waals surface area contributed by atoms with Crippen LogP contribution in [0.5, 0.6) is 0 Å². The summed E-state index contributed by atoms with van der Waals surface area (Å²) in [6, 6.07) is 12.5. The molecule has 25 heavy (non-hydrogen) atoms. The van der Waals surface area contributed by atoms with Gasteiger partial charge in [0.15, 0.2) is 0 Å². The summed E-state index contributed by atoms with van der Waals surface area (Å²) in [6.45, 7) is 1.82. The number of thiophene rings is 1. The topological polar surface area (TPSA) is 82.3 Å². The highest BCUT2D eigenvalue weighted by Crippen LogP contribution is 2.22. The molecule has 1 saturated heterocycles. The fourth-order valence-electron chi connectivity index (χ4n) is 2.55. The van der Waals surface area contributed by atoms with E-state index in [9.17, 15) is 9.59 Å². The van der Waals surface area contributed by atoms with Crippen LogP contribution < -0.4 is 21.3 Å². The molecule has 0 bridgehead atoms. The van der Waals surface area contributed by atoms with Crippen molar-refractivity contribution in [3.8, 4) is 0 Å². The number of carbonyl (C=O) groups excluding carboxylic acids is 2. The van der Waals surface area contributed by atoms with Gasteiger partial charge in [-0.2, -0.15) is 0 Å². The van der Waals surface area contributed by atoms with E-state index >= 15 is 0 Å². The Bertz CT molecular complexity index is 702. The zero-order valence-corrected chi connectivity index (χ0v) is 15.2. The van der Waals surface area contributed by atoms with Crippen LogP contribution in [0.25, 0.3) is 0 Å². The maximum Gasteiger partial charge on any atom is 0.324 e. The Morgan fingerprint density at radius 1 is 1.08 bits per heavy atom. The minimum absolute atomic E-state index is 0. The molecule has 1 aromatic heterocycles. The van der Waals surface area contributed by atoms with Crippen molar-refractivity contribution in [1.29, 1.82) is 0 Å². The molecule has 0 saturated carbocycles. The number of carbonyl (C=O) groups is 2. The lowest BCUT2D eigenvalue weighted by atomic mass is 10.1. The second kappa shape index (κ2) is 9.41. The van der Waals surface area contributed by atoms with Crippen LogP contribution in [-0.2, 0) is 0 Å². The maximum atomic E-state index is 12.2. The molecule has 8 heteroatoms. The van der Waals surface area contributed by atoms with Gasteiger partial charge in [0.1, 0.15) is 0 Å². The van der Waals surface area contributed by atoms with Gasteiger partial charge in [0, 0.05) is 18.3 Å². The first-order valence-electron chi connectivity index (χ1n) is 7.95. The first-order valence-corrected chi connectivity index (χ1v) is 8.77. The van der Waals surface area contributed by atoms with Gasteiger partial charge in [0.2, 0.25) is 0 Å². The van der Waals surface area contributed by atoms with Crippen molar-refractivity contribution in [1.82, 2.24) is 10.6 Å². The number of nitrogens with one attached hydrogen (secondary N) is 4. The Hall–Kier alpha value is -2.09. The van der Waals surface area contributed by atoms with Gasteiger partial charge in [0.25, 0.3) is 5.91 Å². The molecule has 6 nitrogen and oxygen atoms in total. The Kier molecular flexibility index (Phi) is 7.24. The summed E-state index contributed by atoms with van der Waals surface area (Å²) < 4.78 is 0. The van der Waals surface area contributed by atoms with Crippen LogP contribution in [0.1, 0.15) is 22.5 Å². The minimum atomic E-state index is -0.327. The first-order chi connectivity index (χ1) is 11.7. The van der Waals surface area contributed by atoms with Crippen LogP contribution in [0.15, 0.2) is 42.5 Å². The molecule has 2 heterocycles. The second-order valence-corrected chi connectivity index (χ2v) is 6.71. The minimum Gasteiger partial charge on any atom is -0.347 e. The summed E-state index contributed by atoms with van der Waals surface area (Å²) in [7, 11) is 0. The maximum absolute atomic E-state index is 12.2. The van der Waals surface area contributed by atoms with E-state index in [0.29, 0.717) is 15.6 Å². The molecule has 1 aliphatic heterocycles. The average Bonchev–Trinajstić information content (AvgIpc) is 3.05. The smallest absolute Gasteiger partial charge is 0.324 e. The van der Waals surface area contributed by atoms with Crippen LogP contribution in [0.3, 0.4) is 0 Å². The highest BCUT2D eigenvalue weighted by molar-refractivity contribution is 7.18. The van der Waals surface area contributed by atoms with Crippen LogP contribution >= 0.6 is 23.7 Å². The Morgan fingerprint density at radius 2 is 1.88 bits per heavy atom. The van der Waals surface area contributed by atoms with Crippen molar-refractivity contribution in [2.45, 2.75) is 18.9 Å². The number of halogens is 1. The summed E-state index contributed by atoms with van der Waals surface area (Å²) in [5, 5.41) is 12.4. The summed E-state index contributed by atoms with van der Waals surface area (Å²) in [5.74, 6) is -0.0924. The highest BCUT2D eigenvalue weighted by atomic mass is 35.5. The van der Waals surface area contributed by atoms with Crippen LogP contribution in [0.2, 0.25) is 0 Å². The fraction of sp³-hybridized carbons (Fsp3) is 0.294. The molecule has 1 fully saturated rings. The van der Waals surface area contributed by atoms with Crippen molar-refractivity contribution >= 4 is 46.4 Å². The molecule has 1 atom stereocenters. The number of rotatable bonds is 4. The molecule has 1 aromatic carbocycles. The van der Waals surface area contributed by atoms with E-state index in [0.717, 1.165) is 25.9 Å². The lowest BCUT2D eigenvalue weighted by Crippen LogP contribution is -2.45. The zero-order valence-electron chi connectivity index (χ0n) is 13.6. The molecule has 3 amide bonds. The van der Waals surface area contributed by atoms with Crippen molar-refractivity contribution in [2.75, 3.05) is 23.7 Å². The van der Waals surface area contributed by atoms with Gasteiger partial charge in [0.05, 0.1) is 9.88 Å². The molecular weight excluding hydrogens is 360 g/mol. The third kappa shape index (κ3) is 5.74. The van der Waals surface area contributed by atoms with E-state index in [1.54, 1.807) is 12.1 Å². The Balaban J connectivity index is 0.00000225. The molecule has 4 N–H and O–H groups in total. The van der Waals surface area contributed by atoms with E-state index < -0.39 is 0 Å². The molecule has 0 radical (unpaired) electrons. The molecule has 1 aliphatic rings. The van der Waals surface area contributed by atoms with Crippen LogP contribution in [0.4, 0.5) is 15.5 Å². The third-order valence-corrected chi connectivity index (χ3v) is 4.73. The molecule has 1 unspecified atom stereocenters. The lowest BCUT2D eigenvalue weighted by Gasteiger charge is -2.23. The number of para-hydroxylation sites is 1. The predicted molar refractivity (Wildman–Crippen MR) is 104 cm³/mol. The highest BCUT2D eigenvalue weighted by Gasteiger charge is 2.17. The van der Waals surface area contributed by atoms with Gasteiger partial charge in [-0.25, -0.2) is 4.79 Å². The van der Waals surface area contributed by atoms with Crippen molar-refractivity contribution in [3.63, 3.8) is 0 Å². The number of piperidine rings is 1. The molecule has 2 aromatic rings. The van der Waals surface area contributed by atoms with Crippen molar-refractivity contribution < 1.29 is 9.59 Å². The SMILES string of the molecule is Cl.O=C(Nc1ccccc1)Nc1ccc(C(=O)NC2CCCNC2)s1. The first kappa shape index (κ1) is 19.2. The average molecular weight is 381 g/mol. The van der Waals surface area contributed by atoms with E-state index in [4.69, 9.17) is 0 Å². The largest absolute Gasteiger partial charge is 0.347 e. The normalized spacial score (nSPS) is 16.4. The van der Waals surface area contributed by atoms with Crippen LogP contribution in [-0.4, -0.2) is 31.1 Å². The number of urea groups is 1. The molecule has 3 rings (SSSR count). The quantitative estimate of drug-likeness (QED) is 0.656. The number of hydrogen-bond donors (Lipinski definition) is 4. The van der Waals surface area contributed by atoms with Gasteiger partial charge in [-0.3, -0.25) is 10.1 Å². The number of anilines is 2. The van der Waals surface area contributed by atoms with Crippen molar-refractivity contribution in [3.05, 3.63) is 47.3 Å². The standard InChI is InChI=1S/C17H20N4O2S.ClH/c22-16(19-13-7-4-10-18-11-13)14-8-9-15(24-14)21-17(23)20-12-5-2-1-3-6-12;/h1-3,5-6,8-9,13,18H,4,7,10-11H2,(H,19,22)(H2,20,21,23);1H. The third-order valence-electron chi connectivity index (χ3n) is 3.73. The number of benzene rings is 1. The molecule has 0 spiro atoms. The van der Waals surface area contributed by atoms with Crippen molar-refractivity contribution in [2.24, 2.45) is 0 Å². The van der Waals surface area contributed by atoms with E-state index in [1.807, 2.05) is 30.3 Å². The fourth-order valence-corrected chi connectivity index (χ4v) is 3.36. The molecular formula is C17H21ClN4O2S. The zero-order chi connectivity index (χ0) is 16.8. The van der Waals surface area contributed by atoms with Gasteiger partial charge in [-0.1, -0.05) is 18.2 Å². The van der Waals surface area contributed by atoms with Gasteiger partial charge >= 0.3 is 6.03 Å². The molecule has 0 aliphatic carbocycles. The van der Waals surface area contributed by atoms with Gasteiger partial charge in [-0.15, -0.1) is 23.7 Å². The number of amides is 3. The summed E-state index contributed by atoms with van der Waals surface area (Å²) in [5.41, 5.74) is 0.717. The Labute approximate surface area is 156 Å². The van der Waals surface area contributed by atoms with E-state index in [1.165, 1.54) is 11.3 Å².